The molecule has 1 heterocycles. The summed E-state index contributed by atoms with van der Waals surface area (Å²) in [6, 6.07) is 12.8. The van der Waals surface area contributed by atoms with Crippen molar-refractivity contribution in [3.63, 3.8) is 0 Å². The first-order chi connectivity index (χ1) is 10.6. The molecule has 2 nitrogen and oxygen atoms in total. The monoisotopic (exact) mass is 302 g/mol. The molecule has 116 valence electrons. The molecular weight excluding hydrogens is 282 g/mol. The van der Waals surface area contributed by atoms with Gasteiger partial charge in [0.15, 0.2) is 0 Å². The lowest BCUT2D eigenvalue weighted by Crippen LogP contribution is -2.21. The van der Waals surface area contributed by atoms with Gasteiger partial charge < -0.3 is 10.6 Å². The summed E-state index contributed by atoms with van der Waals surface area (Å²) in [5.74, 6) is -1.02. The number of nitrogens with one attached hydrogen (secondary N) is 2. The number of hydrogen-bond donors (Lipinski definition) is 2. The number of benzene rings is 2. The third kappa shape index (κ3) is 4.12. The smallest absolute Gasteiger partial charge is 0.126 e. The van der Waals surface area contributed by atoms with E-state index in [2.05, 4.69) is 41.8 Å². The number of hydrogen-bond acceptors (Lipinski definition) is 2. The molecule has 0 bridgehead atoms. The summed E-state index contributed by atoms with van der Waals surface area (Å²) in [5, 5.41) is 6.77. The minimum absolute atomic E-state index is 0.297. The van der Waals surface area contributed by atoms with Crippen molar-refractivity contribution < 1.29 is 8.78 Å². The van der Waals surface area contributed by atoms with Crippen molar-refractivity contribution in [2.75, 3.05) is 6.54 Å². The van der Waals surface area contributed by atoms with Gasteiger partial charge in [-0.15, -0.1) is 0 Å². The summed E-state index contributed by atoms with van der Waals surface area (Å²) in [6.45, 7) is 3.78. The molecule has 1 aliphatic rings. The zero-order valence-corrected chi connectivity index (χ0v) is 12.6. The van der Waals surface area contributed by atoms with Gasteiger partial charge in [-0.1, -0.05) is 29.8 Å². The van der Waals surface area contributed by atoms with E-state index in [9.17, 15) is 8.78 Å². The maximum atomic E-state index is 13.1. The van der Waals surface area contributed by atoms with Crippen molar-refractivity contribution in [1.82, 2.24) is 10.6 Å². The van der Waals surface area contributed by atoms with Crippen LogP contribution in [0, 0.1) is 18.6 Å². The van der Waals surface area contributed by atoms with E-state index in [1.54, 1.807) is 0 Å². The Morgan fingerprint density at radius 3 is 2.50 bits per heavy atom. The molecule has 0 spiro atoms. The van der Waals surface area contributed by atoms with Gasteiger partial charge in [-0.25, -0.2) is 8.78 Å². The van der Waals surface area contributed by atoms with Crippen LogP contribution in [0.3, 0.4) is 0 Å². The van der Waals surface area contributed by atoms with E-state index in [4.69, 9.17) is 0 Å². The predicted octanol–water partition coefficient (Wildman–Crippen LogP) is 2.95. The first kappa shape index (κ1) is 15.1. The van der Waals surface area contributed by atoms with Gasteiger partial charge in [-0.3, -0.25) is 0 Å². The summed E-state index contributed by atoms with van der Waals surface area (Å²) in [4.78, 5) is 0. The predicted molar refractivity (Wildman–Crippen MR) is 83.7 cm³/mol. The molecule has 0 saturated carbocycles. The van der Waals surface area contributed by atoms with Gasteiger partial charge in [-0.05, 0) is 36.6 Å². The van der Waals surface area contributed by atoms with Crippen LogP contribution in [0.2, 0.25) is 0 Å². The van der Waals surface area contributed by atoms with Crippen LogP contribution in [0.1, 0.15) is 16.7 Å². The second kappa shape index (κ2) is 6.55. The lowest BCUT2D eigenvalue weighted by Gasteiger charge is -2.05. The van der Waals surface area contributed by atoms with Crippen molar-refractivity contribution in [2.24, 2.45) is 0 Å². The van der Waals surface area contributed by atoms with E-state index in [0.717, 1.165) is 19.2 Å². The first-order valence-corrected chi connectivity index (χ1v) is 7.57. The van der Waals surface area contributed by atoms with Gasteiger partial charge in [-0.2, -0.15) is 0 Å². The van der Waals surface area contributed by atoms with E-state index in [0.29, 0.717) is 24.1 Å². The summed E-state index contributed by atoms with van der Waals surface area (Å²) in [7, 11) is 0. The van der Waals surface area contributed by atoms with E-state index in [1.165, 1.54) is 23.3 Å². The SMILES string of the molecule is Cc1cccc(CNCC2NC2Cc2cc(F)cc(F)c2)c1. The molecule has 2 aromatic rings. The Kier molecular flexibility index (Phi) is 4.50. The Morgan fingerprint density at radius 2 is 1.77 bits per heavy atom. The molecular formula is C18H20F2N2. The highest BCUT2D eigenvalue weighted by Crippen LogP contribution is 2.18. The number of halogens is 2. The molecule has 1 aliphatic heterocycles. The minimum atomic E-state index is -0.509. The molecule has 0 aliphatic carbocycles. The number of rotatable bonds is 6. The van der Waals surface area contributed by atoms with Crippen molar-refractivity contribution in [3.05, 3.63) is 70.8 Å². The number of aryl methyl sites for hydroxylation is 1. The molecule has 4 heteroatoms. The second-order valence-corrected chi connectivity index (χ2v) is 5.98. The highest BCUT2D eigenvalue weighted by molar-refractivity contribution is 5.23. The zero-order chi connectivity index (χ0) is 15.5. The van der Waals surface area contributed by atoms with Crippen LogP contribution >= 0.6 is 0 Å². The Bertz CT molecular complexity index is 637. The van der Waals surface area contributed by atoms with Crippen molar-refractivity contribution >= 4 is 0 Å². The summed E-state index contributed by atoms with van der Waals surface area (Å²) in [5.41, 5.74) is 3.23. The fraction of sp³-hybridized carbons (Fsp3) is 0.333. The van der Waals surface area contributed by atoms with E-state index in [-0.39, 0.29) is 0 Å². The average Bonchev–Trinajstić information content (AvgIpc) is 3.15. The van der Waals surface area contributed by atoms with Crippen LogP contribution in [-0.4, -0.2) is 18.6 Å². The molecule has 2 unspecified atom stereocenters. The molecule has 1 saturated heterocycles. The molecule has 0 radical (unpaired) electrons. The highest BCUT2D eigenvalue weighted by atomic mass is 19.1. The highest BCUT2D eigenvalue weighted by Gasteiger charge is 2.35. The molecule has 3 rings (SSSR count). The fourth-order valence-corrected chi connectivity index (χ4v) is 2.80. The Balaban J connectivity index is 1.43. The van der Waals surface area contributed by atoms with Crippen molar-refractivity contribution in [3.8, 4) is 0 Å². The lowest BCUT2D eigenvalue weighted by molar-refractivity contribution is 0.579. The molecule has 22 heavy (non-hydrogen) atoms. The fourth-order valence-electron chi connectivity index (χ4n) is 2.80. The Hall–Kier alpha value is -1.78. The third-order valence-corrected chi connectivity index (χ3v) is 3.96. The molecule has 0 aromatic heterocycles. The third-order valence-electron chi connectivity index (χ3n) is 3.96. The van der Waals surface area contributed by atoms with Gasteiger partial charge in [0.05, 0.1) is 0 Å². The van der Waals surface area contributed by atoms with E-state index < -0.39 is 11.6 Å². The molecule has 1 fully saturated rings. The zero-order valence-electron chi connectivity index (χ0n) is 12.6. The maximum Gasteiger partial charge on any atom is 0.126 e. The van der Waals surface area contributed by atoms with E-state index in [1.807, 2.05) is 0 Å². The van der Waals surface area contributed by atoms with Gasteiger partial charge >= 0.3 is 0 Å². The minimum Gasteiger partial charge on any atom is -0.311 e. The molecule has 2 aromatic carbocycles. The van der Waals surface area contributed by atoms with E-state index >= 15 is 0 Å². The van der Waals surface area contributed by atoms with Crippen LogP contribution in [-0.2, 0) is 13.0 Å². The normalized spacial score (nSPS) is 20.1. The average molecular weight is 302 g/mol. The van der Waals surface area contributed by atoms with Crippen LogP contribution in [0.15, 0.2) is 42.5 Å². The Labute approximate surface area is 129 Å². The molecule has 0 amide bonds. The van der Waals surface area contributed by atoms with Gasteiger partial charge in [0.25, 0.3) is 0 Å². The van der Waals surface area contributed by atoms with Crippen LogP contribution < -0.4 is 10.6 Å². The molecule has 2 atom stereocenters. The van der Waals surface area contributed by atoms with Gasteiger partial charge in [0, 0.05) is 31.2 Å². The van der Waals surface area contributed by atoms with Crippen molar-refractivity contribution in [1.29, 1.82) is 0 Å². The van der Waals surface area contributed by atoms with Crippen LogP contribution in [0.5, 0.6) is 0 Å². The summed E-state index contributed by atoms with van der Waals surface area (Å²) in [6.07, 6.45) is 0.658. The molecule has 2 N–H and O–H groups in total. The summed E-state index contributed by atoms with van der Waals surface area (Å²) < 4.78 is 26.3. The topological polar surface area (TPSA) is 34.0 Å². The van der Waals surface area contributed by atoms with Crippen molar-refractivity contribution in [2.45, 2.75) is 32.0 Å². The quantitative estimate of drug-likeness (QED) is 0.805. The largest absolute Gasteiger partial charge is 0.311 e. The Morgan fingerprint density at radius 1 is 1.00 bits per heavy atom. The van der Waals surface area contributed by atoms with Gasteiger partial charge in [0.1, 0.15) is 11.6 Å². The first-order valence-electron chi connectivity index (χ1n) is 7.57. The summed E-state index contributed by atoms with van der Waals surface area (Å²) >= 11 is 0. The lowest BCUT2D eigenvalue weighted by atomic mass is 10.1. The standard InChI is InChI=1S/C18H20F2N2/c1-12-3-2-4-13(5-12)10-21-11-18-17(22-18)8-14-6-15(19)9-16(20)7-14/h2-7,9,17-18,21-22H,8,10-11H2,1H3. The van der Waals surface area contributed by atoms with Gasteiger partial charge in [0.2, 0.25) is 0 Å². The van der Waals surface area contributed by atoms with Crippen LogP contribution in [0.25, 0.3) is 0 Å². The second-order valence-electron chi connectivity index (χ2n) is 5.98. The maximum absolute atomic E-state index is 13.1. The van der Waals surface area contributed by atoms with Crippen LogP contribution in [0.4, 0.5) is 8.78 Å².